The van der Waals surface area contributed by atoms with Crippen molar-refractivity contribution in [1.29, 1.82) is 0 Å². The molecular formula is C18H26N2O2S. The van der Waals surface area contributed by atoms with Crippen LogP contribution in [-0.4, -0.2) is 49.8 Å². The lowest BCUT2D eigenvalue weighted by Gasteiger charge is -2.28. The minimum absolute atomic E-state index is 0.0329. The van der Waals surface area contributed by atoms with E-state index in [0.717, 1.165) is 49.4 Å². The summed E-state index contributed by atoms with van der Waals surface area (Å²) >= 11 is 2.01. The largest absolute Gasteiger partial charge is 0.378 e. The molecule has 0 atom stereocenters. The highest BCUT2D eigenvalue weighted by atomic mass is 32.2. The number of nitrogens with zero attached hydrogens (tertiary/aromatic N) is 1. The highest BCUT2D eigenvalue weighted by molar-refractivity contribution is 7.99. The quantitative estimate of drug-likeness (QED) is 0.812. The van der Waals surface area contributed by atoms with Crippen molar-refractivity contribution in [3.05, 3.63) is 29.8 Å². The van der Waals surface area contributed by atoms with Crippen LogP contribution in [0.3, 0.4) is 0 Å². The first-order valence-electron chi connectivity index (χ1n) is 8.65. The number of rotatable bonds is 6. The van der Waals surface area contributed by atoms with E-state index in [1.165, 1.54) is 31.4 Å². The number of thioether (sulfide) groups is 1. The van der Waals surface area contributed by atoms with Gasteiger partial charge in [-0.3, -0.25) is 4.79 Å². The van der Waals surface area contributed by atoms with Gasteiger partial charge in [-0.25, -0.2) is 0 Å². The topological polar surface area (TPSA) is 41.6 Å². The maximum Gasteiger partial charge on any atom is 0.251 e. The Bertz CT molecular complexity index is 494. The predicted octanol–water partition coefficient (Wildman–Crippen LogP) is 2.93. The fourth-order valence-corrected chi connectivity index (χ4v) is 4.41. The molecule has 1 N–H and O–H groups in total. The number of morpholine rings is 1. The third-order valence-corrected chi connectivity index (χ3v) is 5.93. The lowest BCUT2D eigenvalue weighted by molar-refractivity contribution is 0.0956. The fourth-order valence-electron chi connectivity index (χ4n) is 3.19. The van der Waals surface area contributed by atoms with E-state index in [0.29, 0.717) is 0 Å². The number of hydrogen-bond donors (Lipinski definition) is 1. The molecule has 1 aromatic carbocycles. The molecule has 1 saturated heterocycles. The van der Waals surface area contributed by atoms with Gasteiger partial charge < -0.3 is 15.0 Å². The summed E-state index contributed by atoms with van der Waals surface area (Å²) < 4.78 is 5.37. The molecule has 4 nitrogen and oxygen atoms in total. The molecule has 1 heterocycles. The smallest absolute Gasteiger partial charge is 0.251 e. The molecule has 1 amide bonds. The molecule has 0 spiro atoms. The van der Waals surface area contributed by atoms with E-state index in [1.807, 2.05) is 36.0 Å². The van der Waals surface area contributed by atoms with E-state index >= 15 is 0 Å². The number of anilines is 1. The van der Waals surface area contributed by atoms with Crippen molar-refractivity contribution >= 4 is 23.4 Å². The number of carbonyl (C=O) groups excluding carboxylic acids is 1. The number of carbonyl (C=O) groups is 1. The summed E-state index contributed by atoms with van der Waals surface area (Å²) in [5.74, 6) is 1.05. The first-order chi connectivity index (χ1) is 11.3. The third-order valence-electron chi connectivity index (χ3n) is 4.55. The number of nitrogens with one attached hydrogen (secondary N) is 1. The SMILES string of the molecule is O=C(NCCSC1CCCC1)c1ccc(N2CCOCC2)cc1. The predicted molar refractivity (Wildman–Crippen MR) is 96.5 cm³/mol. The molecular weight excluding hydrogens is 308 g/mol. The van der Waals surface area contributed by atoms with Crippen molar-refractivity contribution in [3.63, 3.8) is 0 Å². The second-order valence-electron chi connectivity index (χ2n) is 6.18. The zero-order chi connectivity index (χ0) is 15.9. The average molecular weight is 334 g/mol. The first kappa shape index (κ1) is 16.7. The van der Waals surface area contributed by atoms with Gasteiger partial charge >= 0.3 is 0 Å². The van der Waals surface area contributed by atoms with Crippen molar-refractivity contribution in [2.75, 3.05) is 43.5 Å². The minimum Gasteiger partial charge on any atom is -0.378 e. The molecule has 5 heteroatoms. The van der Waals surface area contributed by atoms with E-state index in [4.69, 9.17) is 4.74 Å². The zero-order valence-corrected chi connectivity index (χ0v) is 14.4. The van der Waals surface area contributed by atoms with E-state index in [1.54, 1.807) is 0 Å². The first-order valence-corrected chi connectivity index (χ1v) is 9.70. The molecule has 1 aliphatic heterocycles. The molecule has 0 bridgehead atoms. The molecule has 1 aliphatic carbocycles. The van der Waals surface area contributed by atoms with Crippen LogP contribution in [0.4, 0.5) is 5.69 Å². The Morgan fingerprint density at radius 2 is 1.87 bits per heavy atom. The standard InChI is InChI=1S/C18H26N2O2S/c21-18(19-9-14-23-17-3-1-2-4-17)15-5-7-16(8-6-15)20-10-12-22-13-11-20/h5-8,17H,1-4,9-14H2,(H,19,21). The Morgan fingerprint density at radius 1 is 1.17 bits per heavy atom. The Morgan fingerprint density at radius 3 is 2.57 bits per heavy atom. The van der Waals surface area contributed by atoms with E-state index in [2.05, 4.69) is 10.2 Å². The van der Waals surface area contributed by atoms with E-state index in [-0.39, 0.29) is 5.91 Å². The van der Waals surface area contributed by atoms with Crippen molar-refractivity contribution in [3.8, 4) is 0 Å². The maximum atomic E-state index is 12.2. The summed E-state index contributed by atoms with van der Waals surface area (Å²) in [5, 5.41) is 3.85. The summed E-state index contributed by atoms with van der Waals surface area (Å²) in [5.41, 5.74) is 1.91. The number of ether oxygens (including phenoxy) is 1. The summed E-state index contributed by atoms with van der Waals surface area (Å²) in [7, 11) is 0. The van der Waals surface area contributed by atoms with Crippen molar-refractivity contribution < 1.29 is 9.53 Å². The summed E-state index contributed by atoms with van der Waals surface area (Å²) in [4.78, 5) is 14.5. The van der Waals surface area contributed by atoms with Crippen LogP contribution in [0, 0.1) is 0 Å². The summed E-state index contributed by atoms with van der Waals surface area (Å²) in [6, 6.07) is 7.91. The number of amides is 1. The molecule has 2 fully saturated rings. The molecule has 0 aromatic heterocycles. The molecule has 3 rings (SSSR count). The zero-order valence-electron chi connectivity index (χ0n) is 13.6. The van der Waals surface area contributed by atoms with Gasteiger partial charge in [0.2, 0.25) is 0 Å². The van der Waals surface area contributed by atoms with Crippen LogP contribution in [0.5, 0.6) is 0 Å². The fraction of sp³-hybridized carbons (Fsp3) is 0.611. The van der Waals surface area contributed by atoms with E-state index in [9.17, 15) is 4.79 Å². The Kier molecular flexibility index (Phi) is 6.22. The van der Waals surface area contributed by atoms with Gasteiger partial charge in [-0.05, 0) is 37.1 Å². The van der Waals surface area contributed by atoms with Crippen molar-refractivity contribution in [2.45, 2.75) is 30.9 Å². The van der Waals surface area contributed by atoms with Gasteiger partial charge in [0.05, 0.1) is 13.2 Å². The van der Waals surface area contributed by atoms with Crippen LogP contribution in [0.15, 0.2) is 24.3 Å². The van der Waals surface area contributed by atoms with Gasteiger partial charge in [-0.15, -0.1) is 0 Å². The molecule has 1 saturated carbocycles. The van der Waals surface area contributed by atoms with Gasteiger partial charge in [-0.1, -0.05) is 12.8 Å². The second kappa shape index (κ2) is 8.60. The number of hydrogen-bond acceptors (Lipinski definition) is 4. The maximum absolute atomic E-state index is 12.2. The highest BCUT2D eigenvalue weighted by Gasteiger charge is 2.15. The van der Waals surface area contributed by atoms with Crippen LogP contribution in [0.1, 0.15) is 36.0 Å². The van der Waals surface area contributed by atoms with Crippen molar-refractivity contribution in [2.24, 2.45) is 0 Å². The Labute approximate surface area is 143 Å². The van der Waals surface area contributed by atoms with Crippen LogP contribution < -0.4 is 10.2 Å². The molecule has 0 radical (unpaired) electrons. The Balaban J connectivity index is 1.41. The van der Waals surface area contributed by atoms with Crippen LogP contribution in [0.2, 0.25) is 0 Å². The molecule has 1 aromatic rings. The van der Waals surface area contributed by atoms with Crippen LogP contribution in [-0.2, 0) is 4.74 Å². The summed E-state index contributed by atoms with van der Waals surface area (Å²) in [6.07, 6.45) is 5.45. The minimum atomic E-state index is 0.0329. The number of benzene rings is 1. The Hall–Kier alpha value is -1.20. The molecule has 2 aliphatic rings. The average Bonchev–Trinajstić information content (AvgIpc) is 3.13. The lowest BCUT2D eigenvalue weighted by Crippen LogP contribution is -2.36. The third kappa shape index (κ3) is 4.88. The van der Waals surface area contributed by atoms with Gasteiger partial charge in [-0.2, -0.15) is 11.8 Å². The summed E-state index contributed by atoms with van der Waals surface area (Å²) in [6.45, 7) is 4.15. The van der Waals surface area contributed by atoms with Gasteiger partial charge in [0, 0.05) is 41.9 Å². The molecule has 0 unspecified atom stereocenters. The molecule has 23 heavy (non-hydrogen) atoms. The normalized spacial score (nSPS) is 19.0. The van der Waals surface area contributed by atoms with Gasteiger partial charge in [0.1, 0.15) is 0 Å². The monoisotopic (exact) mass is 334 g/mol. The van der Waals surface area contributed by atoms with Gasteiger partial charge in [0.15, 0.2) is 0 Å². The van der Waals surface area contributed by atoms with Crippen LogP contribution in [0.25, 0.3) is 0 Å². The molecule has 126 valence electrons. The lowest BCUT2D eigenvalue weighted by atomic mass is 10.1. The van der Waals surface area contributed by atoms with Crippen LogP contribution >= 0.6 is 11.8 Å². The van der Waals surface area contributed by atoms with Gasteiger partial charge in [0.25, 0.3) is 5.91 Å². The van der Waals surface area contributed by atoms with Crippen molar-refractivity contribution in [1.82, 2.24) is 5.32 Å². The highest BCUT2D eigenvalue weighted by Crippen LogP contribution is 2.28. The van der Waals surface area contributed by atoms with E-state index < -0.39 is 0 Å². The second-order valence-corrected chi connectivity index (χ2v) is 7.59.